The van der Waals surface area contributed by atoms with E-state index in [1.165, 1.54) is 16.3 Å². The molecular weight excluding hydrogens is 460 g/mol. The topological polar surface area (TPSA) is 78.5 Å². The summed E-state index contributed by atoms with van der Waals surface area (Å²) in [6.45, 7) is 5.80. The number of hydrogen-bond acceptors (Lipinski definition) is 6. The molecule has 0 saturated carbocycles. The van der Waals surface area contributed by atoms with E-state index in [0.29, 0.717) is 38.8 Å². The Balaban J connectivity index is 1.69. The number of carbonyl (C=O) groups is 1. The molecule has 0 amide bonds. The van der Waals surface area contributed by atoms with Crippen LogP contribution in [0.2, 0.25) is 0 Å². The number of fused-ring (bicyclic) bond motifs is 3. The van der Waals surface area contributed by atoms with Crippen molar-refractivity contribution in [3.05, 3.63) is 93.8 Å². The van der Waals surface area contributed by atoms with Crippen molar-refractivity contribution in [2.45, 2.75) is 31.2 Å². The average molecular weight is 485 g/mol. The molecule has 0 saturated heterocycles. The van der Waals surface area contributed by atoms with Crippen molar-refractivity contribution in [1.82, 2.24) is 19.2 Å². The summed E-state index contributed by atoms with van der Waals surface area (Å²) in [7, 11) is 1.57. The highest BCUT2D eigenvalue weighted by molar-refractivity contribution is 8.00. The van der Waals surface area contributed by atoms with Gasteiger partial charge < -0.3 is 4.74 Å². The van der Waals surface area contributed by atoms with Crippen LogP contribution in [0.3, 0.4) is 0 Å². The third-order valence-corrected chi connectivity index (χ3v) is 7.00. The number of carbonyl (C=O) groups excluding carboxylic acids is 1. The number of thioether (sulfide) groups is 1. The number of ketones is 1. The number of Topliss-reactive ketones (excluding diaryl/α,β-unsaturated/α-hetero) is 1. The van der Waals surface area contributed by atoms with Gasteiger partial charge in [0.2, 0.25) is 5.78 Å². The van der Waals surface area contributed by atoms with Gasteiger partial charge in [-0.25, -0.2) is 4.57 Å². The van der Waals surface area contributed by atoms with Gasteiger partial charge in [-0.3, -0.25) is 14.0 Å². The van der Waals surface area contributed by atoms with Crippen molar-refractivity contribution in [1.29, 1.82) is 0 Å². The number of para-hydroxylation sites is 1. The molecule has 0 radical (unpaired) electrons. The molecule has 1 atom stereocenters. The first-order chi connectivity index (χ1) is 16.9. The Morgan fingerprint density at radius 3 is 2.43 bits per heavy atom. The molecule has 5 rings (SSSR count). The maximum Gasteiger partial charge on any atom is 0.267 e. The molecule has 0 aliphatic rings. The van der Waals surface area contributed by atoms with E-state index in [1.807, 2.05) is 85.8 Å². The number of aryl methyl sites for hydroxylation is 2. The van der Waals surface area contributed by atoms with Crippen LogP contribution in [0.5, 0.6) is 5.75 Å². The van der Waals surface area contributed by atoms with Crippen LogP contribution in [-0.2, 0) is 0 Å². The van der Waals surface area contributed by atoms with E-state index in [-0.39, 0.29) is 11.3 Å². The van der Waals surface area contributed by atoms with E-state index in [4.69, 9.17) is 4.74 Å². The Labute approximate surface area is 206 Å². The normalized spacial score (nSPS) is 12.2. The van der Waals surface area contributed by atoms with Crippen LogP contribution in [0.4, 0.5) is 0 Å². The summed E-state index contributed by atoms with van der Waals surface area (Å²) in [4.78, 5) is 26.7. The van der Waals surface area contributed by atoms with Crippen LogP contribution in [0.15, 0.2) is 76.7 Å². The summed E-state index contributed by atoms with van der Waals surface area (Å²) in [6.07, 6.45) is 0. The zero-order chi connectivity index (χ0) is 24.7. The van der Waals surface area contributed by atoms with Crippen molar-refractivity contribution in [2.75, 3.05) is 7.11 Å². The van der Waals surface area contributed by atoms with Crippen LogP contribution in [-0.4, -0.2) is 37.3 Å². The van der Waals surface area contributed by atoms with E-state index < -0.39 is 5.25 Å². The Hall–Kier alpha value is -3.91. The Kier molecular flexibility index (Phi) is 5.90. The van der Waals surface area contributed by atoms with Crippen LogP contribution in [0, 0.1) is 13.8 Å². The second kappa shape index (κ2) is 9.03. The van der Waals surface area contributed by atoms with Gasteiger partial charge in [0.05, 0.1) is 29.0 Å². The second-order valence-corrected chi connectivity index (χ2v) is 9.75. The minimum Gasteiger partial charge on any atom is -0.495 e. The molecule has 5 aromatic rings. The molecule has 1 unspecified atom stereocenters. The average Bonchev–Trinajstić information content (AvgIpc) is 3.27. The molecule has 2 aromatic heterocycles. The fraction of sp³-hybridized carbons (Fsp3) is 0.185. The van der Waals surface area contributed by atoms with Crippen LogP contribution >= 0.6 is 11.8 Å². The smallest absolute Gasteiger partial charge is 0.267 e. The van der Waals surface area contributed by atoms with Gasteiger partial charge in [-0.05, 0) is 50.6 Å². The highest BCUT2D eigenvalue weighted by atomic mass is 32.2. The molecule has 0 aliphatic carbocycles. The fourth-order valence-corrected chi connectivity index (χ4v) is 5.04. The first-order valence-corrected chi connectivity index (χ1v) is 12.1. The third-order valence-electron chi connectivity index (χ3n) is 5.96. The van der Waals surface area contributed by atoms with Crippen molar-refractivity contribution in [2.24, 2.45) is 0 Å². The van der Waals surface area contributed by atoms with Gasteiger partial charge in [-0.1, -0.05) is 59.8 Å². The van der Waals surface area contributed by atoms with E-state index in [2.05, 4.69) is 10.2 Å². The summed E-state index contributed by atoms with van der Waals surface area (Å²) < 4.78 is 8.92. The van der Waals surface area contributed by atoms with E-state index in [0.717, 1.165) is 11.1 Å². The highest BCUT2D eigenvalue weighted by Gasteiger charge is 2.23. The number of methoxy groups -OCH3 is 1. The van der Waals surface area contributed by atoms with Crippen LogP contribution in [0.25, 0.3) is 22.4 Å². The maximum absolute atomic E-state index is 13.6. The number of aromatic nitrogens is 4. The van der Waals surface area contributed by atoms with Gasteiger partial charge >= 0.3 is 0 Å². The van der Waals surface area contributed by atoms with Gasteiger partial charge in [0.15, 0.2) is 10.9 Å². The SMILES string of the molecule is COc1ccc(C)cc1-n1c(=O)c2ccccc2n2c(SC(C)C(=O)c3ccc(C)cc3)nnc12. The molecule has 0 bridgehead atoms. The zero-order valence-corrected chi connectivity index (χ0v) is 20.7. The minimum absolute atomic E-state index is 0.00438. The Bertz CT molecular complexity index is 1640. The molecular formula is C27H24N4O3S. The standard InChI is InChI=1S/C27H24N4O3S/c1-16-9-12-19(13-10-16)24(32)18(3)35-27-29-28-26-30(22-15-17(2)11-14-23(22)34-4)25(33)20-7-5-6-8-21(20)31(26)27/h5-15,18H,1-4H3. The lowest BCUT2D eigenvalue weighted by molar-refractivity contribution is 0.0994. The van der Waals surface area contributed by atoms with Crippen molar-refractivity contribution in [3.63, 3.8) is 0 Å². The molecule has 0 spiro atoms. The number of nitrogens with zero attached hydrogens (tertiary/aromatic N) is 4. The number of rotatable bonds is 6. The number of benzene rings is 3. The van der Waals surface area contributed by atoms with Gasteiger partial charge in [0, 0.05) is 5.56 Å². The van der Waals surface area contributed by atoms with E-state index >= 15 is 0 Å². The summed E-state index contributed by atoms with van der Waals surface area (Å²) in [5.74, 6) is 0.912. The molecule has 35 heavy (non-hydrogen) atoms. The predicted molar refractivity (Wildman–Crippen MR) is 138 cm³/mol. The lowest BCUT2D eigenvalue weighted by atomic mass is 10.1. The zero-order valence-electron chi connectivity index (χ0n) is 19.9. The maximum atomic E-state index is 13.6. The van der Waals surface area contributed by atoms with Gasteiger partial charge in [-0.2, -0.15) is 0 Å². The first-order valence-electron chi connectivity index (χ1n) is 11.2. The summed E-state index contributed by atoms with van der Waals surface area (Å²) in [5.41, 5.74) is 3.77. The lowest BCUT2D eigenvalue weighted by Gasteiger charge is -2.15. The van der Waals surface area contributed by atoms with Crippen molar-refractivity contribution >= 4 is 34.2 Å². The molecule has 0 N–H and O–H groups in total. The highest BCUT2D eigenvalue weighted by Crippen LogP contribution is 2.30. The molecule has 8 heteroatoms. The molecule has 0 fully saturated rings. The van der Waals surface area contributed by atoms with E-state index in [1.54, 1.807) is 13.2 Å². The first kappa shape index (κ1) is 22.9. The molecule has 3 aromatic carbocycles. The van der Waals surface area contributed by atoms with Crippen molar-refractivity contribution in [3.8, 4) is 11.4 Å². The van der Waals surface area contributed by atoms with E-state index in [9.17, 15) is 9.59 Å². The predicted octanol–water partition coefficient (Wildman–Crippen LogP) is 5.02. The molecule has 2 heterocycles. The number of ether oxygens (including phenoxy) is 1. The summed E-state index contributed by atoms with van der Waals surface area (Å²) in [6, 6.07) is 20.5. The second-order valence-electron chi connectivity index (χ2n) is 8.44. The summed E-state index contributed by atoms with van der Waals surface area (Å²) >= 11 is 1.32. The van der Waals surface area contributed by atoms with Crippen molar-refractivity contribution < 1.29 is 9.53 Å². The quantitative estimate of drug-likeness (QED) is 0.249. The molecule has 7 nitrogen and oxygen atoms in total. The largest absolute Gasteiger partial charge is 0.495 e. The van der Waals surface area contributed by atoms with Gasteiger partial charge in [0.1, 0.15) is 5.75 Å². The lowest BCUT2D eigenvalue weighted by Crippen LogP contribution is -2.22. The Morgan fingerprint density at radius 1 is 0.971 bits per heavy atom. The summed E-state index contributed by atoms with van der Waals surface area (Å²) in [5, 5.41) is 9.44. The minimum atomic E-state index is -0.405. The Morgan fingerprint density at radius 2 is 1.69 bits per heavy atom. The molecule has 0 aliphatic heterocycles. The number of hydrogen-bond donors (Lipinski definition) is 0. The fourth-order valence-electron chi connectivity index (χ4n) is 4.11. The van der Waals surface area contributed by atoms with Gasteiger partial charge in [-0.15, -0.1) is 10.2 Å². The molecule has 176 valence electrons. The van der Waals surface area contributed by atoms with Crippen LogP contribution < -0.4 is 10.3 Å². The van der Waals surface area contributed by atoms with Crippen LogP contribution in [0.1, 0.15) is 28.4 Å². The third kappa shape index (κ3) is 4.00. The monoisotopic (exact) mass is 484 g/mol. The van der Waals surface area contributed by atoms with Gasteiger partial charge in [0.25, 0.3) is 5.56 Å².